The van der Waals surface area contributed by atoms with E-state index >= 15 is 0 Å². The van der Waals surface area contributed by atoms with Gasteiger partial charge in [0, 0.05) is 29.2 Å². The molecule has 3 rings (SSSR count). The first-order valence-electron chi connectivity index (χ1n) is 8.90. The van der Waals surface area contributed by atoms with Crippen LogP contribution in [0.3, 0.4) is 0 Å². The molecule has 27 heavy (non-hydrogen) atoms. The molecule has 0 atom stereocenters. The molecule has 0 radical (unpaired) electrons. The smallest absolute Gasteiger partial charge is 0.258 e. The summed E-state index contributed by atoms with van der Waals surface area (Å²) in [5.74, 6) is -0.734. The Morgan fingerprint density at radius 3 is 2.48 bits per heavy atom. The molecule has 1 amide bonds. The number of fused-ring (bicyclic) bond motifs is 1. The Morgan fingerprint density at radius 2 is 1.78 bits per heavy atom. The molecule has 1 aromatic heterocycles. The third kappa shape index (κ3) is 4.42. The second-order valence-electron chi connectivity index (χ2n) is 7.89. The number of pyridine rings is 1. The molecule has 0 fully saturated rings. The largest absolute Gasteiger partial charge is 0.325 e. The summed E-state index contributed by atoms with van der Waals surface area (Å²) in [5.41, 5.74) is 0.771. The Labute approximate surface area is 157 Å². The quantitative estimate of drug-likeness (QED) is 0.745. The lowest BCUT2D eigenvalue weighted by atomic mass is 9.96. The average molecular weight is 366 g/mol. The van der Waals surface area contributed by atoms with E-state index < -0.39 is 5.82 Å². The molecule has 0 spiro atoms. The van der Waals surface area contributed by atoms with Crippen LogP contribution in [0.15, 0.2) is 59.5 Å². The highest BCUT2D eigenvalue weighted by Gasteiger charge is 2.15. The molecule has 3 aromatic rings. The first-order chi connectivity index (χ1) is 12.7. The van der Waals surface area contributed by atoms with Crippen molar-refractivity contribution in [3.8, 4) is 0 Å². The molecular formula is C22H23FN2O2. The van der Waals surface area contributed by atoms with Gasteiger partial charge < -0.3 is 9.88 Å². The van der Waals surface area contributed by atoms with Crippen LogP contribution in [0.25, 0.3) is 10.8 Å². The minimum atomic E-state index is -0.407. The molecule has 0 unspecified atom stereocenters. The summed E-state index contributed by atoms with van der Waals surface area (Å²) in [7, 11) is 0. The monoisotopic (exact) mass is 366 g/mol. The third-order valence-electron chi connectivity index (χ3n) is 4.25. The van der Waals surface area contributed by atoms with Crippen molar-refractivity contribution in [3.05, 3.63) is 76.5 Å². The van der Waals surface area contributed by atoms with Gasteiger partial charge in [0.05, 0.1) is 6.42 Å². The van der Waals surface area contributed by atoms with Crippen LogP contribution in [0.2, 0.25) is 0 Å². The van der Waals surface area contributed by atoms with Gasteiger partial charge in [0.1, 0.15) is 5.82 Å². The van der Waals surface area contributed by atoms with E-state index in [-0.39, 0.29) is 23.3 Å². The van der Waals surface area contributed by atoms with Crippen molar-refractivity contribution >= 4 is 22.4 Å². The Balaban J connectivity index is 1.89. The van der Waals surface area contributed by atoms with Gasteiger partial charge in [0.2, 0.25) is 5.91 Å². The van der Waals surface area contributed by atoms with Gasteiger partial charge in [0.15, 0.2) is 0 Å². The molecule has 0 aliphatic heterocycles. The maximum Gasteiger partial charge on any atom is 0.258 e. The number of anilines is 1. The number of halogens is 1. The van der Waals surface area contributed by atoms with E-state index in [1.54, 1.807) is 47.2 Å². The van der Waals surface area contributed by atoms with Crippen LogP contribution in [-0.4, -0.2) is 10.5 Å². The molecule has 1 N–H and O–H groups in total. The number of hydrogen-bond acceptors (Lipinski definition) is 2. The summed E-state index contributed by atoms with van der Waals surface area (Å²) in [4.78, 5) is 25.1. The summed E-state index contributed by atoms with van der Waals surface area (Å²) < 4.78 is 15.4. The van der Waals surface area contributed by atoms with Gasteiger partial charge in [-0.15, -0.1) is 0 Å². The molecule has 5 heteroatoms. The molecule has 0 aliphatic rings. The molecule has 0 saturated heterocycles. The lowest BCUT2D eigenvalue weighted by molar-refractivity contribution is -0.115. The fraction of sp³-hybridized carbons (Fsp3) is 0.273. The number of nitrogens with one attached hydrogen (secondary N) is 1. The van der Waals surface area contributed by atoms with Gasteiger partial charge >= 0.3 is 0 Å². The lowest BCUT2D eigenvalue weighted by Crippen LogP contribution is -2.26. The number of benzene rings is 2. The van der Waals surface area contributed by atoms with Crippen molar-refractivity contribution in [1.82, 2.24) is 4.57 Å². The highest BCUT2D eigenvalue weighted by molar-refractivity contribution is 6.02. The predicted molar refractivity (Wildman–Crippen MR) is 106 cm³/mol. The topological polar surface area (TPSA) is 51.1 Å². The zero-order chi connectivity index (χ0) is 19.6. The first kappa shape index (κ1) is 18.8. The molecule has 0 bridgehead atoms. The number of aromatic nitrogens is 1. The summed E-state index contributed by atoms with van der Waals surface area (Å²) in [5, 5.41) is 4.02. The number of hydrogen-bond donors (Lipinski definition) is 1. The fourth-order valence-electron chi connectivity index (χ4n) is 3.07. The second kappa shape index (κ2) is 7.35. The third-order valence-corrected chi connectivity index (χ3v) is 4.25. The number of amides is 1. The van der Waals surface area contributed by atoms with Gasteiger partial charge in [-0.1, -0.05) is 45.0 Å². The maximum atomic E-state index is 13.8. The molecule has 0 aliphatic carbocycles. The Kier molecular flexibility index (Phi) is 5.13. The van der Waals surface area contributed by atoms with Crippen molar-refractivity contribution in [2.24, 2.45) is 5.41 Å². The van der Waals surface area contributed by atoms with Crippen LogP contribution in [0.1, 0.15) is 26.3 Å². The highest BCUT2D eigenvalue weighted by Crippen LogP contribution is 2.22. The minimum absolute atomic E-state index is 0.0247. The van der Waals surface area contributed by atoms with Crippen LogP contribution < -0.4 is 10.9 Å². The zero-order valence-electron chi connectivity index (χ0n) is 15.8. The predicted octanol–water partition coefficient (Wildman–Crippen LogP) is 4.37. The van der Waals surface area contributed by atoms with Crippen molar-refractivity contribution in [3.63, 3.8) is 0 Å². The van der Waals surface area contributed by atoms with Crippen molar-refractivity contribution in [1.29, 1.82) is 0 Å². The Morgan fingerprint density at radius 1 is 1.04 bits per heavy atom. The van der Waals surface area contributed by atoms with Crippen LogP contribution in [0, 0.1) is 11.2 Å². The highest BCUT2D eigenvalue weighted by atomic mass is 19.1. The van der Waals surface area contributed by atoms with E-state index in [4.69, 9.17) is 0 Å². The number of rotatable bonds is 4. The first-order valence-corrected chi connectivity index (χ1v) is 8.90. The van der Waals surface area contributed by atoms with E-state index in [1.165, 1.54) is 6.07 Å². The van der Waals surface area contributed by atoms with E-state index in [0.29, 0.717) is 28.6 Å². The van der Waals surface area contributed by atoms with Gasteiger partial charge in [0.25, 0.3) is 5.56 Å². The summed E-state index contributed by atoms with van der Waals surface area (Å²) in [6, 6.07) is 13.3. The van der Waals surface area contributed by atoms with Crippen LogP contribution in [0.4, 0.5) is 10.1 Å². The van der Waals surface area contributed by atoms with Crippen molar-refractivity contribution < 1.29 is 9.18 Å². The van der Waals surface area contributed by atoms with E-state index in [2.05, 4.69) is 26.1 Å². The van der Waals surface area contributed by atoms with Gasteiger partial charge in [-0.25, -0.2) is 4.39 Å². The molecule has 1 heterocycles. The molecule has 2 aromatic carbocycles. The summed E-state index contributed by atoms with van der Waals surface area (Å²) in [6.45, 7) is 6.82. The van der Waals surface area contributed by atoms with Crippen LogP contribution in [0.5, 0.6) is 0 Å². The molecular weight excluding hydrogens is 343 g/mol. The fourth-order valence-corrected chi connectivity index (χ4v) is 3.07. The Bertz CT molecular complexity index is 1050. The molecule has 140 valence electrons. The molecule has 0 saturated carbocycles. The van der Waals surface area contributed by atoms with E-state index in [9.17, 15) is 14.0 Å². The summed E-state index contributed by atoms with van der Waals surface area (Å²) >= 11 is 0. The molecule has 4 nitrogen and oxygen atoms in total. The van der Waals surface area contributed by atoms with Crippen molar-refractivity contribution in [2.75, 3.05) is 5.32 Å². The Hall–Kier alpha value is -2.95. The van der Waals surface area contributed by atoms with Gasteiger partial charge in [-0.3, -0.25) is 9.59 Å². The van der Waals surface area contributed by atoms with Gasteiger partial charge in [-0.2, -0.15) is 0 Å². The second-order valence-corrected chi connectivity index (χ2v) is 7.89. The number of carbonyl (C=O) groups excluding carboxylic acids is 1. The minimum Gasteiger partial charge on any atom is -0.325 e. The van der Waals surface area contributed by atoms with Crippen LogP contribution >= 0.6 is 0 Å². The van der Waals surface area contributed by atoms with E-state index in [0.717, 1.165) is 0 Å². The summed E-state index contributed by atoms with van der Waals surface area (Å²) in [6.07, 6.45) is 1.69. The number of carbonyl (C=O) groups is 1. The maximum absolute atomic E-state index is 13.8. The van der Waals surface area contributed by atoms with Gasteiger partial charge in [-0.05, 0) is 35.2 Å². The standard InChI is InChI=1S/C22H23FN2O2/c1-22(2,3)14-25-12-11-16-17(21(25)27)8-6-10-19(16)24-20(26)13-15-7-4-5-9-18(15)23/h4-12H,13-14H2,1-3H3,(H,24,26). The zero-order valence-corrected chi connectivity index (χ0v) is 15.8. The SMILES string of the molecule is CC(C)(C)Cn1ccc2c(NC(=O)Cc3ccccc3F)cccc2c1=O. The average Bonchev–Trinajstić information content (AvgIpc) is 2.59. The lowest BCUT2D eigenvalue weighted by Gasteiger charge is -2.20. The normalized spacial score (nSPS) is 11.6. The van der Waals surface area contributed by atoms with Crippen LogP contribution in [-0.2, 0) is 17.8 Å². The van der Waals surface area contributed by atoms with E-state index in [1.807, 2.05) is 6.07 Å². The number of nitrogens with zero attached hydrogens (tertiary/aromatic N) is 1. The van der Waals surface area contributed by atoms with Crippen molar-refractivity contribution in [2.45, 2.75) is 33.7 Å².